The van der Waals surface area contributed by atoms with Crippen molar-refractivity contribution in [3.63, 3.8) is 0 Å². The fourth-order valence-electron chi connectivity index (χ4n) is 3.27. The zero-order valence-corrected chi connectivity index (χ0v) is 16.4. The maximum atomic E-state index is 12.5. The minimum atomic E-state index is -0.376. The van der Waals surface area contributed by atoms with Gasteiger partial charge in [0.1, 0.15) is 5.00 Å². The summed E-state index contributed by atoms with van der Waals surface area (Å²) in [6, 6.07) is 0. The van der Waals surface area contributed by atoms with Crippen LogP contribution in [-0.2, 0) is 36.0 Å². The van der Waals surface area contributed by atoms with E-state index in [1.165, 1.54) is 23.3 Å². The maximum absolute atomic E-state index is 12.5. The molecule has 2 heterocycles. The molecule has 0 atom stereocenters. The molecule has 1 aliphatic rings. The van der Waals surface area contributed by atoms with E-state index >= 15 is 0 Å². The van der Waals surface area contributed by atoms with E-state index in [1.807, 2.05) is 36.8 Å². The van der Waals surface area contributed by atoms with E-state index in [1.54, 1.807) is 0 Å². The summed E-state index contributed by atoms with van der Waals surface area (Å²) in [6.45, 7) is 2.88. The maximum Gasteiger partial charge on any atom is 0.341 e. The number of methoxy groups -OCH3 is 1. The molecule has 1 N–H and O–H groups in total. The van der Waals surface area contributed by atoms with Crippen molar-refractivity contribution in [1.82, 2.24) is 14.7 Å². The van der Waals surface area contributed by atoms with Crippen molar-refractivity contribution in [2.45, 2.75) is 32.7 Å². The number of nitrogens with one attached hydrogen (secondary N) is 1. The lowest BCUT2D eigenvalue weighted by atomic mass is 10.1. The number of carbonyl (C=O) groups excluding carboxylic acids is 2. The van der Waals surface area contributed by atoms with Crippen LogP contribution in [-0.4, -0.2) is 47.3 Å². The van der Waals surface area contributed by atoms with Crippen molar-refractivity contribution < 1.29 is 14.3 Å². The molecule has 0 aliphatic heterocycles. The first-order chi connectivity index (χ1) is 12.4. The lowest BCUT2D eigenvalue weighted by Crippen LogP contribution is -2.30. The van der Waals surface area contributed by atoms with Crippen LogP contribution in [0.4, 0.5) is 5.00 Å². The fourth-order valence-corrected chi connectivity index (χ4v) is 4.56. The summed E-state index contributed by atoms with van der Waals surface area (Å²) in [6.07, 6.45) is 4.70. The van der Waals surface area contributed by atoms with E-state index in [0.717, 1.165) is 36.1 Å². The Morgan fingerprint density at radius 2 is 2.19 bits per heavy atom. The minimum absolute atomic E-state index is 0.140. The van der Waals surface area contributed by atoms with Crippen LogP contribution in [0.1, 0.15) is 38.5 Å². The van der Waals surface area contributed by atoms with Gasteiger partial charge in [-0.15, -0.1) is 11.3 Å². The van der Waals surface area contributed by atoms with Gasteiger partial charge in [0, 0.05) is 29.7 Å². The van der Waals surface area contributed by atoms with E-state index in [2.05, 4.69) is 10.4 Å². The lowest BCUT2D eigenvalue weighted by Gasteiger charge is -2.16. The van der Waals surface area contributed by atoms with Gasteiger partial charge in [-0.1, -0.05) is 0 Å². The summed E-state index contributed by atoms with van der Waals surface area (Å²) in [4.78, 5) is 27.7. The molecule has 2 aromatic rings. The summed E-state index contributed by atoms with van der Waals surface area (Å²) in [5.74, 6) is -0.516. The van der Waals surface area contributed by atoms with Gasteiger partial charge in [-0.2, -0.15) is 5.10 Å². The second-order valence-electron chi connectivity index (χ2n) is 6.65. The Bertz CT molecular complexity index is 840. The van der Waals surface area contributed by atoms with Crippen molar-refractivity contribution in [1.29, 1.82) is 0 Å². The molecule has 140 valence electrons. The summed E-state index contributed by atoms with van der Waals surface area (Å²) < 4.78 is 6.73. The summed E-state index contributed by atoms with van der Waals surface area (Å²) >= 11 is 1.49. The molecule has 0 saturated heterocycles. The van der Waals surface area contributed by atoms with Gasteiger partial charge in [-0.05, 0) is 38.8 Å². The number of carbonyl (C=O) groups is 2. The normalized spacial score (nSPS) is 13.1. The van der Waals surface area contributed by atoms with Gasteiger partial charge < -0.3 is 10.1 Å². The number of esters is 1. The SMILES string of the molecule is COC(=O)c1c(NC(=O)CN(C)Cc2cnn(C)c2C)sc2c1CCC2. The second kappa shape index (κ2) is 7.59. The topological polar surface area (TPSA) is 76.5 Å². The number of likely N-dealkylation sites (N-methyl/N-ethyl adjacent to an activating group) is 1. The van der Waals surface area contributed by atoms with Crippen LogP contribution < -0.4 is 5.32 Å². The fraction of sp³-hybridized carbons (Fsp3) is 0.500. The third kappa shape index (κ3) is 3.66. The number of fused-ring (bicyclic) bond motifs is 1. The molecule has 0 saturated carbocycles. The number of aromatic nitrogens is 2. The highest BCUT2D eigenvalue weighted by Crippen LogP contribution is 2.39. The molecule has 7 nitrogen and oxygen atoms in total. The molecule has 1 amide bonds. The molecule has 0 spiro atoms. The number of hydrogen-bond acceptors (Lipinski definition) is 6. The van der Waals surface area contributed by atoms with Gasteiger partial charge in [0.2, 0.25) is 5.91 Å². The Balaban J connectivity index is 1.67. The zero-order valence-electron chi connectivity index (χ0n) is 15.6. The number of nitrogens with zero attached hydrogens (tertiary/aromatic N) is 3. The minimum Gasteiger partial charge on any atom is -0.465 e. The molecule has 0 unspecified atom stereocenters. The molecule has 26 heavy (non-hydrogen) atoms. The Hall–Kier alpha value is -2.19. The number of aryl methyl sites for hydroxylation is 2. The van der Waals surface area contributed by atoms with Gasteiger partial charge >= 0.3 is 5.97 Å². The lowest BCUT2D eigenvalue weighted by molar-refractivity contribution is -0.117. The highest BCUT2D eigenvalue weighted by atomic mass is 32.1. The Morgan fingerprint density at radius 1 is 1.42 bits per heavy atom. The van der Waals surface area contributed by atoms with Crippen LogP contribution in [0.3, 0.4) is 0 Å². The third-order valence-corrected chi connectivity index (χ3v) is 5.96. The summed E-state index contributed by atoms with van der Waals surface area (Å²) in [5, 5.41) is 7.74. The van der Waals surface area contributed by atoms with Crippen LogP contribution in [0.25, 0.3) is 0 Å². The monoisotopic (exact) mass is 376 g/mol. The average molecular weight is 376 g/mol. The third-order valence-electron chi connectivity index (χ3n) is 4.75. The van der Waals surface area contributed by atoms with E-state index < -0.39 is 0 Å². The van der Waals surface area contributed by atoms with Gasteiger partial charge in [0.05, 0.1) is 25.4 Å². The van der Waals surface area contributed by atoms with E-state index in [-0.39, 0.29) is 18.4 Å². The van der Waals surface area contributed by atoms with Crippen molar-refractivity contribution in [2.75, 3.05) is 26.0 Å². The number of ether oxygens (including phenoxy) is 1. The first-order valence-electron chi connectivity index (χ1n) is 8.59. The molecular formula is C18H24N4O3S. The number of rotatable bonds is 6. The standard InChI is InChI=1S/C18H24N4O3S/c1-11-12(8-19-22(11)3)9-21(2)10-15(23)20-17-16(18(24)25-4)13-6-5-7-14(13)26-17/h8H,5-7,9-10H2,1-4H3,(H,20,23). The largest absolute Gasteiger partial charge is 0.465 e. The first-order valence-corrected chi connectivity index (χ1v) is 9.41. The van der Waals surface area contributed by atoms with Gasteiger partial charge in [0.15, 0.2) is 0 Å². The van der Waals surface area contributed by atoms with Gasteiger partial charge in [-0.25, -0.2) is 4.79 Å². The van der Waals surface area contributed by atoms with Gasteiger partial charge in [-0.3, -0.25) is 14.4 Å². The first kappa shape index (κ1) is 18.6. The molecule has 0 fully saturated rings. The summed E-state index contributed by atoms with van der Waals surface area (Å²) in [5.41, 5.74) is 3.74. The smallest absolute Gasteiger partial charge is 0.341 e. The molecule has 0 radical (unpaired) electrons. The van der Waals surface area contributed by atoms with Crippen molar-refractivity contribution in [3.8, 4) is 0 Å². The molecule has 2 aromatic heterocycles. The molecule has 0 bridgehead atoms. The van der Waals surface area contributed by atoms with Crippen molar-refractivity contribution >= 4 is 28.2 Å². The van der Waals surface area contributed by atoms with E-state index in [0.29, 0.717) is 17.1 Å². The quantitative estimate of drug-likeness (QED) is 0.782. The van der Waals surface area contributed by atoms with Crippen LogP contribution >= 0.6 is 11.3 Å². The average Bonchev–Trinajstić information content (AvgIpc) is 3.25. The van der Waals surface area contributed by atoms with Crippen molar-refractivity contribution in [2.24, 2.45) is 7.05 Å². The number of anilines is 1. The Morgan fingerprint density at radius 3 is 2.85 bits per heavy atom. The highest BCUT2D eigenvalue weighted by Gasteiger charge is 2.28. The molecule has 1 aliphatic carbocycles. The molecule has 3 rings (SSSR count). The van der Waals surface area contributed by atoms with Crippen LogP contribution in [0.15, 0.2) is 6.20 Å². The predicted octanol–water partition coefficient (Wildman–Crippen LogP) is 2.14. The van der Waals surface area contributed by atoms with Crippen LogP contribution in [0.2, 0.25) is 0 Å². The second-order valence-corrected chi connectivity index (χ2v) is 7.76. The number of thiophene rings is 1. The van der Waals surface area contributed by atoms with Gasteiger partial charge in [0.25, 0.3) is 0 Å². The molecule has 8 heteroatoms. The van der Waals surface area contributed by atoms with Crippen LogP contribution in [0.5, 0.6) is 0 Å². The summed E-state index contributed by atoms with van der Waals surface area (Å²) in [7, 11) is 5.16. The molecule has 0 aromatic carbocycles. The predicted molar refractivity (Wildman–Crippen MR) is 101 cm³/mol. The van der Waals surface area contributed by atoms with Crippen LogP contribution in [0, 0.1) is 6.92 Å². The molecular weight excluding hydrogens is 352 g/mol. The number of hydrogen-bond donors (Lipinski definition) is 1. The van der Waals surface area contributed by atoms with E-state index in [4.69, 9.17) is 4.74 Å². The van der Waals surface area contributed by atoms with E-state index in [9.17, 15) is 9.59 Å². The number of amides is 1. The Labute approximate surface area is 156 Å². The highest BCUT2D eigenvalue weighted by molar-refractivity contribution is 7.17. The van der Waals surface area contributed by atoms with Crippen molar-refractivity contribution in [3.05, 3.63) is 33.5 Å². The zero-order chi connectivity index (χ0) is 18.8. The Kier molecular flexibility index (Phi) is 5.43.